The van der Waals surface area contributed by atoms with Crippen molar-refractivity contribution in [2.45, 2.75) is 27.7 Å². The van der Waals surface area contributed by atoms with E-state index < -0.39 is 0 Å². The van der Waals surface area contributed by atoms with Gasteiger partial charge in [0, 0.05) is 29.9 Å². The molecule has 0 N–H and O–H groups in total. The van der Waals surface area contributed by atoms with Crippen molar-refractivity contribution in [1.82, 2.24) is 15.2 Å². The van der Waals surface area contributed by atoms with Crippen LogP contribution in [0.25, 0.3) is 22.6 Å². The Labute approximate surface area is 124 Å². The first-order valence-electron chi connectivity index (χ1n) is 7.06. The molecule has 2 aromatic heterocycles. The summed E-state index contributed by atoms with van der Waals surface area (Å²) < 4.78 is 5.45. The van der Waals surface area contributed by atoms with E-state index in [-0.39, 0.29) is 0 Å². The molecule has 0 aliphatic heterocycles. The SMILES string of the molecule is CC.Cc1nnc(-c2cccc(-c3cccnc3C)c2)o1. The van der Waals surface area contributed by atoms with Gasteiger partial charge in [0.1, 0.15) is 0 Å². The van der Waals surface area contributed by atoms with E-state index in [0.717, 1.165) is 22.4 Å². The highest BCUT2D eigenvalue weighted by atomic mass is 16.4. The van der Waals surface area contributed by atoms with E-state index in [1.807, 2.05) is 45.0 Å². The number of rotatable bonds is 2. The Morgan fingerprint density at radius 1 is 0.905 bits per heavy atom. The molecule has 108 valence electrons. The summed E-state index contributed by atoms with van der Waals surface area (Å²) in [6, 6.07) is 12.0. The van der Waals surface area contributed by atoms with Gasteiger partial charge in [-0.1, -0.05) is 32.0 Å². The molecular formula is C17H19N3O. The topological polar surface area (TPSA) is 51.8 Å². The molecule has 3 aromatic rings. The van der Waals surface area contributed by atoms with Crippen molar-refractivity contribution in [3.8, 4) is 22.6 Å². The third-order valence-corrected chi connectivity index (χ3v) is 2.95. The number of pyridine rings is 1. The fraction of sp³-hybridized carbons (Fsp3) is 0.235. The predicted octanol–water partition coefficient (Wildman–Crippen LogP) is 4.44. The Morgan fingerprint density at radius 3 is 2.33 bits per heavy atom. The van der Waals surface area contributed by atoms with Gasteiger partial charge >= 0.3 is 0 Å². The third-order valence-electron chi connectivity index (χ3n) is 2.95. The molecule has 4 nitrogen and oxygen atoms in total. The lowest BCUT2D eigenvalue weighted by molar-refractivity contribution is 0.533. The van der Waals surface area contributed by atoms with Gasteiger partial charge in [0.05, 0.1) is 0 Å². The second-order valence-corrected chi connectivity index (χ2v) is 4.34. The minimum absolute atomic E-state index is 0.542. The first-order chi connectivity index (χ1) is 10.2. The molecule has 2 heterocycles. The second kappa shape index (κ2) is 6.79. The van der Waals surface area contributed by atoms with Crippen molar-refractivity contribution < 1.29 is 4.42 Å². The zero-order chi connectivity index (χ0) is 15.2. The molecule has 0 saturated carbocycles. The van der Waals surface area contributed by atoms with Crippen LogP contribution in [0.5, 0.6) is 0 Å². The summed E-state index contributed by atoms with van der Waals surface area (Å²) in [5.41, 5.74) is 4.13. The second-order valence-electron chi connectivity index (χ2n) is 4.34. The molecule has 0 bridgehead atoms. The summed E-state index contributed by atoms with van der Waals surface area (Å²) >= 11 is 0. The first-order valence-corrected chi connectivity index (χ1v) is 7.06. The van der Waals surface area contributed by atoms with Gasteiger partial charge in [-0.05, 0) is 30.7 Å². The van der Waals surface area contributed by atoms with Crippen LogP contribution in [0.3, 0.4) is 0 Å². The van der Waals surface area contributed by atoms with Gasteiger partial charge in [0.2, 0.25) is 11.8 Å². The molecule has 0 amide bonds. The van der Waals surface area contributed by atoms with Crippen molar-refractivity contribution in [1.29, 1.82) is 0 Å². The molecule has 3 rings (SSSR count). The Bertz CT molecular complexity index is 719. The average Bonchev–Trinajstić information content (AvgIpc) is 2.97. The summed E-state index contributed by atoms with van der Waals surface area (Å²) in [7, 11) is 0. The molecular weight excluding hydrogens is 262 g/mol. The fourth-order valence-corrected chi connectivity index (χ4v) is 2.02. The highest BCUT2D eigenvalue weighted by Crippen LogP contribution is 2.26. The van der Waals surface area contributed by atoms with E-state index in [1.54, 1.807) is 13.1 Å². The standard InChI is InChI=1S/C15H13N3O.C2H6/c1-10-14(7-4-8-16-10)12-5-3-6-13(9-12)15-18-17-11(2)19-15;1-2/h3-9H,1-2H3;1-2H3. The van der Waals surface area contributed by atoms with Crippen molar-refractivity contribution in [3.05, 3.63) is 54.2 Å². The van der Waals surface area contributed by atoms with Gasteiger partial charge in [0.25, 0.3) is 0 Å². The minimum Gasteiger partial charge on any atom is -0.421 e. The summed E-state index contributed by atoms with van der Waals surface area (Å²) in [6.45, 7) is 7.78. The third kappa shape index (κ3) is 3.34. The van der Waals surface area contributed by atoms with Crippen LogP contribution in [0.2, 0.25) is 0 Å². The largest absolute Gasteiger partial charge is 0.421 e. The van der Waals surface area contributed by atoms with E-state index in [9.17, 15) is 0 Å². The van der Waals surface area contributed by atoms with Crippen LogP contribution >= 0.6 is 0 Å². The number of aryl methyl sites for hydroxylation is 2. The van der Waals surface area contributed by atoms with Crippen molar-refractivity contribution in [3.63, 3.8) is 0 Å². The van der Waals surface area contributed by atoms with Crippen LogP contribution in [-0.2, 0) is 0 Å². The zero-order valence-corrected chi connectivity index (χ0v) is 12.8. The van der Waals surface area contributed by atoms with Crippen molar-refractivity contribution in [2.24, 2.45) is 0 Å². The maximum absolute atomic E-state index is 5.45. The normalized spacial score (nSPS) is 9.90. The molecule has 0 radical (unpaired) electrons. The quantitative estimate of drug-likeness (QED) is 0.696. The van der Waals surface area contributed by atoms with Gasteiger partial charge in [-0.25, -0.2) is 0 Å². The van der Waals surface area contributed by atoms with Crippen LogP contribution in [-0.4, -0.2) is 15.2 Å². The lowest BCUT2D eigenvalue weighted by Crippen LogP contribution is -1.87. The Hall–Kier alpha value is -2.49. The molecule has 0 atom stereocenters. The highest BCUT2D eigenvalue weighted by Gasteiger charge is 2.08. The fourth-order valence-electron chi connectivity index (χ4n) is 2.02. The van der Waals surface area contributed by atoms with Gasteiger partial charge in [-0.3, -0.25) is 4.98 Å². The van der Waals surface area contributed by atoms with E-state index in [1.165, 1.54) is 0 Å². The van der Waals surface area contributed by atoms with E-state index in [0.29, 0.717) is 11.8 Å². The lowest BCUT2D eigenvalue weighted by Gasteiger charge is -2.05. The molecule has 0 aliphatic carbocycles. The van der Waals surface area contributed by atoms with E-state index >= 15 is 0 Å². The van der Waals surface area contributed by atoms with Crippen molar-refractivity contribution >= 4 is 0 Å². The number of hydrogen-bond acceptors (Lipinski definition) is 4. The molecule has 21 heavy (non-hydrogen) atoms. The van der Waals surface area contributed by atoms with E-state index in [2.05, 4.69) is 27.3 Å². The molecule has 0 fully saturated rings. The number of benzene rings is 1. The molecule has 1 aromatic carbocycles. The van der Waals surface area contributed by atoms with Crippen LogP contribution < -0.4 is 0 Å². The highest BCUT2D eigenvalue weighted by molar-refractivity contribution is 5.70. The van der Waals surface area contributed by atoms with Crippen LogP contribution in [0.4, 0.5) is 0 Å². The summed E-state index contributed by atoms with van der Waals surface area (Å²) in [6.07, 6.45) is 1.80. The van der Waals surface area contributed by atoms with Crippen LogP contribution in [0.15, 0.2) is 47.0 Å². The number of nitrogens with zero attached hydrogens (tertiary/aromatic N) is 3. The molecule has 0 saturated heterocycles. The molecule has 0 unspecified atom stereocenters. The Balaban J connectivity index is 0.000000774. The van der Waals surface area contributed by atoms with Gasteiger partial charge in [0.15, 0.2) is 0 Å². The number of aromatic nitrogens is 3. The van der Waals surface area contributed by atoms with Crippen LogP contribution in [0, 0.1) is 13.8 Å². The zero-order valence-electron chi connectivity index (χ0n) is 12.8. The van der Waals surface area contributed by atoms with Gasteiger partial charge in [-0.2, -0.15) is 0 Å². The average molecular weight is 281 g/mol. The number of hydrogen-bond donors (Lipinski definition) is 0. The molecule has 0 spiro atoms. The monoisotopic (exact) mass is 281 g/mol. The Kier molecular flexibility index (Phi) is 4.82. The minimum atomic E-state index is 0.542. The first kappa shape index (κ1) is 14.9. The maximum Gasteiger partial charge on any atom is 0.247 e. The van der Waals surface area contributed by atoms with Crippen LogP contribution in [0.1, 0.15) is 25.4 Å². The van der Waals surface area contributed by atoms with E-state index in [4.69, 9.17) is 4.42 Å². The molecule has 4 heteroatoms. The predicted molar refractivity (Wildman–Crippen MR) is 83.8 cm³/mol. The summed E-state index contributed by atoms with van der Waals surface area (Å²) in [5.74, 6) is 1.11. The smallest absolute Gasteiger partial charge is 0.247 e. The van der Waals surface area contributed by atoms with Gasteiger partial charge in [-0.15, -0.1) is 10.2 Å². The molecule has 0 aliphatic rings. The van der Waals surface area contributed by atoms with Gasteiger partial charge < -0.3 is 4.42 Å². The summed E-state index contributed by atoms with van der Waals surface area (Å²) in [4.78, 5) is 4.31. The van der Waals surface area contributed by atoms with Crippen molar-refractivity contribution in [2.75, 3.05) is 0 Å². The lowest BCUT2D eigenvalue weighted by atomic mass is 10.0. The maximum atomic E-state index is 5.45. The Morgan fingerprint density at radius 2 is 1.67 bits per heavy atom. The summed E-state index contributed by atoms with van der Waals surface area (Å²) in [5, 5.41) is 7.89.